The van der Waals surface area contributed by atoms with E-state index in [4.69, 9.17) is 0 Å². The minimum atomic E-state index is -3.63. The van der Waals surface area contributed by atoms with Crippen molar-refractivity contribution in [3.63, 3.8) is 0 Å². The van der Waals surface area contributed by atoms with E-state index in [1.54, 1.807) is 12.1 Å². The number of nitrogens with one attached hydrogen (secondary N) is 1. The molecule has 2 aromatic rings. The van der Waals surface area contributed by atoms with Gasteiger partial charge in [-0.25, -0.2) is 13.1 Å². The van der Waals surface area contributed by atoms with Gasteiger partial charge >= 0.3 is 0 Å². The summed E-state index contributed by atoms with van der Waals surface area (Å²) in [6.07, 6.45) is 4.81. The Hall–Kier alpha value is -1.43. The van der Waals surface area contributed by atoms with E-state index in [1.807, 2.05) is 30.3 Å². The second-order valence-electron chi connectivity index (χ2n) is 6.29. The van der Waals surface area contributed by atoms with Crippen LogP contribution in [-0.4, -0.2) is 26.2 Å². The van der Waals surface area contributed by atoms with Gasteiger partial charge in [-0.3, -0.25) is 0 Å². The summed E-state index contributed by atoms with van der Waals surface area (Å²) >= 11 is 0. The Morgan fingerprint density at radius 2 is 1.74 bits per heavy atom. The topological polar surface area (TPSA) is 66.4 Å². The molecule has 124 valence electrons. The maximum absolute atomic E-state index is 12.6. The Labute approximate surface area is 137 Å². The molecular formula is C18H23NO3S. The molecule has 0 aromatic heterocycles. The number of hydrogen-bond acceptors (Lipinski definition) is 3. The lowest BCUT2D eigenvalue weighted by Gasteiger charge is -2.26. The number of fused-ring (bicyclic) bond motifs is 1. The fourth-order valence-electron chi connectivity index (χ4n) is 3.39. The predicted molar refractivity (Wildman–Crippen MR) is 91.7 cm³/mol. The molecule has 0 bridgehead atoms. The van der Waals surface area contributed by atoms with Crippen LogP contribution in [0, 0.1) is 5.92 Å². The fraction of sp³-hybridized carbons (Fsp3) is 0.444. The summed E-state index contributed by atoms with van der Waals surface area (Å²) in [7, 11) is -3.63. The summed E-state index contributed by atoms with van der Waals surface area (Å²) in [5, 5.41) is 11.9. The van der Waals surface area contributed by atoms with Gasteiger partial charge in [0.15, 0.2) is 0 Å². The van der Waals surface area contributed by atoms with Crippen molar-refractivity contribution in [1.29, 1.82) is 0 Å². The Balaban J connectivity index is 1.75. The first-order chi connectivity index (χ1) is 11.1. The van der Waals surface area contributed by atoms with Gasteiger partial charge in [-0.2, -0.15) is 0 Å². The highest BCUT2D eigenvalue weighted by atomic mass is 32.2. The number of benzene rings is 2. The van der Waals surface area contributed by atoms with Crippen molar-refractivity contribution >= 4 is 20.8 Å². The van der Waals surface area contributed by atoms with E-state index in [9.17, 15) is 13.5 Å². The van der Waals surface area contributed by atoms with Crippen molar-refractivity contribution in [1.82, 2.24) is 4.72 Å². The molecule has 1 aliphatic carbocycles. The molecule has 3 rings (SSSR count). The van der Waals surface area contributed by atoms with Crippen LogP contribution < -0.4 is 4.72 Å². The van der Waals surface area contributed by atoms with E-state index >= 15 is 0 Å². The monoisotopic (exact) mass is 333 g/mol. The highest BCUT2D eigenvalue weighted by Gasteiger charge is 2.24. The summed E-state index contributed by atoms with van der Waals surface area (Å²) in [6.45, 7) is 0.0796. The normalized spacial score (nSPS) is 18.1. The molecule has 1 fully saturated rings. The van der Waals surface area contributed by atoms with Crippen LogP contribution in [0.5, 0.6) is 0 Å². The molecule has 23 heavy (non-hydrogen) atoms. The minimum absolute atomic E-state index is 0.0796. The summed E-state index contributed by atoms with van der Waals surface area (Å²) in [5.41, 5.74) is 0. The molecular weight excluding hydrogens is 310 g/mol. The highest BCUT2D eigenvalue weighted by molar-refractivity contribution is 7.89. The molecule has 1 unspecified atom stereocenters. The van der Waals surface area contributed by atoms with Crippen LogP contribution in [0.15, 0.2) is 47.4 Å². The van der Waals surface area contributed by atoms with Gasteiger partial charge in [0, 0.05) is 11.9 Å². The van der Waals surface area contributed by atoms with Gasteiger partial charge in [-0.05, 0) is 30.2 Å². The second-order valence-corrected chi connectivity index (χ2v) is 8.03. The van der Waals surface area contributed by atoms with Crippen LogP contribution in [0.25, 0.3) is 10.8 Å². The summed E-state index contributed by atoms with van der Waals surface area (Å²) < 4.78 is 27.8. The van der Waals surface area contributed by atoms with Crippen molar-refractivity contribution in [2.45, 2.75) is 43.1 Å². The van der Waals surface area contributed by atoms with E-state index in [2.05, 4.69) is 4.72 Å². The van der Waals surface area contributed by atoms with Crippen molar-refractivity contribution in [2.75, 3.05) is 6.54 Å². The van der Waals surface area contributed by atoms with Crippen LogP contribution in [0.4, 0.5) is 0 Å². The zero-order valence-electron chi connectivity index (χ0n) is 13.1. The van der Waals surface area contributed by atoms with Crippen LogP contribution >= 0.6 is 0 Å². The Morgan fingerprint density at radius 3 is 2.52 bits per heavy atom. The van der Waals surface area contributed by atoms with Crippen molar-refractivity contribution < 1.29 is 13.5 Å². The van der Waals surface area contributed by atoms with E-state index in [0.717, 1.165) is 31.1 Å². The lowest BCUT2D eigenvalue weighted by molar-refractivity contribution is 0.0888. The zero-order valence-corrected chi connectivity index (χ0v) is 13.9. The quantitative estimate of drug-likeness (QED) is 0.884. The number of rotatable bonds is 5. The third-order valence-corrected chi connectivity index (χ3v) is 6.20. The van der Waals surface area contributed by atoms with Gasteiger partial charge < -0.3 is 5.11 Å². The van der Waals surface area contributed by atoms with Gasteiger partial charge in [-0.1, -0.05) is 55.7 Å². The first kappa shape index (κ1) is 16.4. The third-order valence-electron chi connectivity index (χ3n) is 4.72. The zero-order chi connectivity index (χ0) is 16.3. The van der Waals surface area contributed by atoms with Gasteiger partial charge in [0.1, 0.15) is 0 Å². The average Bonchev–Trinajstić information content (AvgIpc) is 2.60. The van der Waals surface area contributed by atoms with Crippen molar-refractivity contribution in [3.8, 4) is 0 Å². The lowest BCUT2D eigenvalue weighted by atomic mass is 9.85. The SMILES string of the molecule is O=S(=O)(NCC(O)C1CCCCC1)c1cccc2ccccc12. The maximum atomic E-state index is 12.6. The first-order valence-corrected chi connectivity index (χ1v) is 9.72. The van der Waals surface area contributed by atoms with Crippen LogP contribution in [0.2, 0.25) is 0 Å². The van der Waals surface area contributed by atoms with Gasteiger partial charge in [-0.15, -0.1) is 0 Å². The molecule has 1 aliphatic rings. The molecule has 1 atom stereocenters. The number of hydrogen-bond donors (Lipinski definition) is 2. The molecule has 0 heterocycles. The summed E-state index contributed by atoms with van der Waals surface area (Å²) in [4.78, 5) is 0.270. The summed E-state index contributed by atoms with van der Waals surface area (Å²) in [5.74, 6) is 0.207. The summed E-state index contributed by atoms with van der Waals surface area (Å²) in [6, 6.07) is 12.7. The Morgan fingerprint density at radius 1 is 1.04 bits per heavy atom. The van der Waals surface area contributed by atoms with Crippen molar-refractivity contribution in [2.24, 2.45) is 5.92 Å². The highest BCUT2D eigenvalue weighted by Crippen LogP contribution is 2.27. The van der Waals surface area contributed by atoms with E-state index in [1.165, 1.54) is 6.42 Å². The van der Waals surface area contributed by atoms with Crippen LogP contribution in [-0.2, 0) is 10.0 Å². The molecule has 0 amide bonds. The van der Waals surface area contributed by atoms with Crippen LogP contribution in [0.3, 0.4) is 0 Å². The molecule has 2 aromatic carbocycles. The van der Waals surface area contributed by atoms with E-state index in [0.29, 0.717) is 5.39 Å². The van der Waals surface area contributed by atoms with Crippen molar-refractivity contribution in [3.05, 3.63) is 42.5 Å². The van der Waals surface area contributed by atoms with Gasteiger partial charge in [0.05, 0.1) is 11.0 Å². The Kier molecular flexibility index (Phi) is 4.99. The fourth-order valence-corrected chi connectivity index (χ4v) is 4.67. The van der Waals surface area contributed by atoms with E-state index < -0.39 is 16.1 Å². The number of aliphatic hydroxyl groups excluding tert-OH is 1. The second kappa shape index (κ2) is 6.99. The minimum Gasteiger partial charge on any atom is -0.391 e. The van der Waals surface area contributed by atoms with Crippen LogP contribution in [0.1, 0.15) is 32.1 Å². The molecule has 0 aliphatic heterocycles. The Bertz CT molecular complexity index is 761. The molecule has 4 nitrogen and oxygen atoms in total. The van der Waals surface area contributed by atoms with Gasteiger partial charge in [0.25, 0.3) is 0 Å². The van der Waals surface area contributed by atoms with E-state index in [-0.39, 0.29) is 17.4 Å². The third kappa shape index (κ3) is 3.74. The largest absolute Gasteiger partial charge is 0.391 e. The molecule has 0 radical (unpaired) electrons. The molecule has 5 heteroatoms. The number of aliphatic hydroxyl groups is 1. The number of sulfonamides is 1. The molecule has 0 spiro atoms. The van der Waals surface area contributed by atoms with Gasteiger partial charge in [0.2, 0.25) is 10.0 Å². The first-order valence-electron chi connectivity index (χ1n) is 8.23. The average molecular weight is 333 g/mol. The smallest absolute Gasteiger partial charge is 0.241 e. The predicted octanol–water partition coefficient (Wildman–Crippen LogP) is 3.06. The molecule has 2 N–H and O–H groups in total. The lowest BCUT2D eigenvalue weighted by Crippen LogP contribution is -2.37. The molecule has 0 saturated heterocycles. The standard InChI is InChI=1S/C18H23NO3S/c20-17(15-8-2-1-3-9-15)13-19-23(21,22)18-12-6-10-14-7-4-5-11-16(14)18/h4-7,10-12,15,17,19-20H,1-3,8-9,13H2. The maximum Gasteiger partial charge on any atom is 0.241 e. The molecule has 1 saturated carbocycles.